The molecule has 2 aromatic carbocycles. The van der Waals surface area contributed by atoms with Crippen LogP contribution < -0.4 is 10.7 Å². The Kier molecular flexibility index (Phi) is 4.95. The molecule has 4 aliphatic rings. The summed E-state index contributed by atoms with van der Waals surface area (Å²) < 4.78 is 0. The van der Waals surface area contributed by atoms with Gasteiger partial charge in [-0.3, -0.25) is 9.59 Å². The number of nitrogens with one attached hydrogen (secondary N) is 2. The number of aromatic hydroxyl groups is 1. The zero-order chi connectivity index (χ0) is 21.6. The summed E-state index contributed by atoms with van der Waals surface area (Å²) in [6, 6.07) is 10.4. The second kappa shape index (κ2) is 7.66. The van der Waals surface area contributed by atoms with Crippen LogP contribution in [0.1, 0.15) is 51.0 Å². The van der Waals surface area contributed by atoms with Gasteiger partial charge in [-0.2, -0.15) is 5.10 Å². The van der Waals surface area contributed by atoms with Crippen LogP contribution in [-0.4, -0.2) is 29.2 Å². The quantitative estimate of drug-likeness (QED) is 0.510. The Morgan fingerprint density at radius 3 is 2.39 bits per heavy atom. The first-order valence-corrected chi connectivity index (χ1v) is 11.3. The van der Waals surface area contributed by atoms with E-state index >= 15 is 0 Å². The number of rotatable bonds is 5. The lowest BCUT2D eigenvalue weighted by Crippen LogP contribution is -2.56. The van der Waals surface area contributed by atoms with Crippen LogP contribution in [0.3, 0.4) is 0 Å². The van der Waals surface area contributed by atoms with Crippen LogP contribution in [0.4, 0.5) is 0 Å². The smallest absolute Gasteiger partial charge is 0.262 e. The third-order valence-electron chi connectivity index (χ3n) is 7.58. The Bertz CT molecular complexity index is 1030. The molecule has 4 aliphatic carbocycles. The highest BCUT2D eigenvalue weighted by Gasteiger charge is 2.54. The summed E-state index contributed by atoms with van der Waals surface area (Å²) in [7, 11) is 0. The summed E-state index contributed by atoms with van der Waals surface area (Å²) >= 11 is 0. The topological polar surface area (TPSA) is 90.8 Å². The number of fused-ring (bicyclic) bond motifs is 1. The van der Waals surface area contributed by atoms with Crippen molar-refractivity contribution < 1.29 is 14.7 Å². The van der Waals surface area contributed by atoms with E-state index in [4.69, 9.17) is 0 Å². The second-order valence-corrected chi connectivity index (χ2v) is 9.85. The maximum Gasteiger partial charge on any atom is 0.262 e. The van der Waals surface area contributed by atoms with E-state index in [0.29, 0.717) is 23.3 Å². The number of hydrazone groups is 1. The molecular formula is C25H29N3O3. The van der Waals surface area contributed by atoms with Crippen LogP contribution in [0.25, 0.3) is 10.8 Å². The summed E-state index contributed by atoms with van der Waals surface area (Å²) in [6.45, 7) is 1.69. The van der Waals surface area contributed by atoms with Crippen molar-refractivity contribution in [3.05, 3.63) is 42.0 Å². The summed E-state index contributed by atoms with van der Waals surface area (Å²) in [5, 5.41) is 19.0. The van der Waals surface area contributed by atoms with Gasteiger partial charge in [-0.05, 0) is 80.0 Å². The second-order valence-electron chi connectivity index (χ2n) is 9.85. The molecule has 1 atom stereocenters. The fourth-order valence-corrected chi connectivity index (χ4v) is 6.48. The fraction of sp³-hybridized carbons (Fsp3) is 0.480. The molecule has 0 spiro atoms. The van der Waals surface area contributed by atoms with Crippen molar-refractivity contribution in [2.45, 2.75) is 51.5 Å². The molecule has 0 aliphatic heterocycles. The predicted molar refractivity (Wildman–Crippen MR) is 120 cm³/mol. The van der Waals surface area contributed by atoms with Gasteiger partial charge in [0.05, 0.1) is 6.21 Å². The van der Waals surface area contributed by atoms with Crippen LogP contribution in [0.2, 0.25) is 0 Å². The predicted octanol–water partition coefficient (Wildman–Crippen LogP) is 3.72. The molecule has 4 saturated carbocycles. The van der Waals surface area contributed by atoms with Gasteiger partial charge >= 0.3 is 0 Å². The van der Waals surface area contributed by atoms with E-state index in [-0.39, 0.29) is 23.0 Å². The van der Waals surface area contributed by atoms with Crippen molar-refractivity contribution in [1.29, 1.82) is 0 Å². The number of benzene rings is 2. The molecule has 31 heavy (non-hydrogen) atoms. The first-order valence-electron chi connectivity index (χ1n) is 11.3. The molecule has 6 nitrogen and oxygen atoms in total. The van der Waals surface area contributed by atoms with Crippen LogP contribution in [0.15, 0.2) is 41.5 Å². The van der Waals surface area contributed by atoms with Crippen LogP contribution in [0.5, 0.6) is 5.75 Å². The van der Waals surface area contributed by atoms with Crippen molar-refractivity contribution in [2.75, 3.05) is 0 Å². The Morgan fingerprint density at radius 2 is 1.71 bits per heavy atom. The Morgan fingerprint density at radius 1 is 1.06 bits per heavy atom. The highest BCUT2D eigenvalue weighted by Crippen LogP contribution is 2.60. The van der Waals surface area contributed by atoms with Crippen molar-refractivity contribution in [3.8, 4) is 5.75 Å². The van der Waals surface area contributed by atoms with Crippen molar-refractivity contribution in [2.24, 2.45) is 28.3 Å². The molecule has 1 unspecified atom stereocenters. The standard InChI is InChI=1S/C25H29N3O3/c1-15(27-24(31)25-11-16-8-17(12-25)10-18(9-16)13-25)23(30)28-26-14-21-20-5-3-2-4-19(20)6-7-22(21)29/h2-7,14-18,29H,8-13H2,1H3,(H,27,31)(H,28,30). The number of hydrogen-bond donors (Lipinski definition) is 3. The molecule has 4 fully saturated rings. The van der Waals surface area contributed by atoms with Crippen LogP contribution in [-0.2, 0) is 9.59 Å². The van der Waals surface area contributed by atoms with Gasteiger partial charge in [0.25, 0.3) is 5.91 Å². The molecule has 3 N–H and O–H groups in total. The van der Waals surface area contributed by atoms with Gasteiger partial charge in [0.15, 0.2) is 0 Å². The Hall–Kier alpha value is -2.89. The highest BCUT2D eigenvalue weighted by atomic mass is 16.3. The monoisotopic (exact) mass is 419 g/mol. The molecule has 0 radical (unpaired) electrons. The molecule has 4 bridgehead atoms. The fourth-order valence-electron chi connectivity index (χ4n) is 6.48. The number of carbonyl (C=O) groups is 2. The lowest BCUT2D eigenvalue weighted by atomic mass is 9.49. The number of hydrogen-bond acceptors (Lipinski definition) is 4. The molecule has 2 aromatic rings. The lowest BCUT2D eigenvalue weighted by Gasteiger charge is -2.55. The van der Waals surface area contributed by atoms with Crippen LogP contribution >= 0.6 is 0 Å². The third-order valence-corrected chi connectivity index (χ3v) is 7.58. The van der Waals surface area contributed by atoms with Gasteiger partial charge < -0.3 is 10.4 Å². The first kappa shape index (κ1) is 20.0. The summed E-state index contributed by atoms with van der Waals surface area (Å²) in [5.74, 6) is 1.80. The van der Waals surface area contributed by atoms with Crippen molar-refractivity contribution >= 4 is 28.8 Å². The van der Waals surface area contributed by atoms with E-state index in [2.05, 4.69) is 15.8 Å². The summed E-state index contributed by atoms with van der Waals surface area (Å²) in [5.41, 5.74) is 2.78. The van der Waals surface area contributed by atoms with Gasteiger partial charge in [-0.1, -0.05) is 30.3 Å². The van der Waals surface area contributed by atoms with E-state index in [1.54, 1.807) is 13.0 Å². The third kappa shape index (κ3) is 3.68. The van der Waals surface area contributed by atoms with E-state index in [9.17, 15) is 14.7 Å². The zero-order valence-electron chi connectivity index (χ0n) is 17.8. The minimum absolute atomic E-state index is 0.0323. The molecule has 0 saturated heterocycles. The maximum absolute atomic E-state index is 13.1. The zero-order valence-corrected chi connectivity index (χ0v) is 17.8. The Labute approximate surface area is 182 Å². The van der Waals surface area contributed by atoms with E-state index < -0.39 is 6.04 Å². The van der Waals surface area contributed by atoms with Gasteiger partial charge in [0.2, 0.25) is 5.91 Å². The Balaban J connectivity index is 1.23. The summed E-state index contributed by atoms with van der Waals surface area (Å²) in [4.78, 5) is 25.7. The highest BCUT2D eigenvalue weighted by molar-refractivity contribution is 6.02. The normalized spacial score (nSPS) is 29.9. The molecule has 6 rings (SSSR count). The summed E-state index contributed by atoms with van der Waals surface area (Å²) in [6.07, 6.45) is 8.19. The number of amides is 2. The van der Waals surface area contributed by atoms with E-state index in [1.165, 1.54) is 25.5 Å². The molecule has 6 heteroatoms. The number of phenols is 1. The lowest BCUT2D eigenvalue weighted by molar-refractivity contribution is -0.148. The van der Waals surface area contributed by atoms with Crippen LogP contribution in [0, 0.1) is 23.2 Å². The van der Waals surface area contributed by atoms with Gasteiger partial charge in [-0.15, -0.1) is 0 Å². The maximum atomic E-state index is 13.1. The SMILES string of the molecule is CC(NC(=O)C12CC3CC(CC(C3)C1)C2)C(=O)NN=Cc1c(O)ccc2ccccc12. The van der Waals surface area contributed by atoms with E-state index in [0.717, 1.165) is 30.0 Å². The van der Waals surface area contributed by atoms with Gasteiger partial charge in [0.1, 0.15) is 11.8 Å². The average molecular weight is 420 g/mol. The minimum atomic E-state index is -0.668. The van der Waals surface area contributed by atoms with Gasteiger partial charge in [0, 0.05) is 11.0 Å². The molecule has 162 valence electrons. The largest absolute Gasteiger partial charge is 0.507 e. The van der Waals surface area contributed by atoms with Crippen molar-refractivity contribution in [1.82, 2.24) is 10.7 Å². The first-order chi connectivity index (χ1) is 14.9. The number of nitrogens with zero attached hydrogens (tertiary/aromatic N) is 1. The molecule has 0 heterocycles. The minimum Gasteiger partial charge on any atom is -0.507 e. The molecular weight excluding hydrogens is 390 g/mol. The van der Waals surface area contributed by atoms with Crippen molar-refractivity contribution in [3.63, 3.8) is 0 Å². The van der Waals surface area contributed by atoms with E-state index in [1.807, 2.05) is 30.3 Å². The van der Waals surface area contributed by atoms with Gasteiger partial charge in [-0.25, -0.2) is 5.43 Å². The molecule has 2 amide bonds. The molecule has 0 aromatic heterocycles. The average Bonchev–Trinajstić information content (AvgIpc) is 2.74. The number of phenolic OH excluding ortho intramolecular Hbond substituents is 1. The number of carbonyl (C=O) groups excluding carboxylic acids is 2.